The van der Waals surface area contributed by atoms with Gasteiger partial charge in [0.25, 0.3) is 0 Å². The molecule has 3 heteroatoms. The average Bonchev–Trinajstić information content (AvgIpc) is 2.16. The highest BCUT2D eigenvalue weighted by Gasteiger charge is 2.14. The summed E-state index contributed by atoms with van der Waals surface area (Å²) in [6.07, 6.45) is 6.17. The summed E-state index contributed by atoms with van der Waals surface area (Å²) in [5.74, 6) is 0.354. The average molecular weight is 195 g/mol. The van der Waals surface area contributed by atoms with Crippen molar-refractivity contribution in [1.82, 2.24) is 0 Å². The van der Waals surface area contributed by atoms with E-state index in [9.17, 15) is 4.79 Å². The molecule has 0 aromatic heterocycles. The molecule has 3 nitrogen and oxygen atoms in total. The third-order valence-electron chi connectivity index (χ3n) is 2.31. The monoisotopic (exact) mass is 195 g/mol. The maximum absolute atomic E-state index is 11.1. The molecule has 0 saturated heterocycles. The first-order chi connectivity index (χ1) is 6.63. The second-order valence-corrected chi connectivity index (χ2v) is 3.77. The van der Waals surface area contributed by atoms with Crippen molar-refractivity contribution in [2.45, 2.75) is 32.7 Å². The predicted molar refractivity (Wildman–Crippen MR) is 56.5 cm³/mol. The molecule has 0 amide bonds. The molecule has 0 radical (unpaired) electrons. The lowest BCUT2D eigenvalue weighted by Gasteiger charge is -2.15. The van der Waals surface area contributed by atoms with Crippen molar-refractivity contribution >= 4 is 11.7 Å². The third-order valence-corrected chi connectivity index (χ3v) is 2.31. The number of hydrogen-bond donors (Lipinski definition) is 0. The molecule has 2 atom stereocenters. The maximum Gasteiger partial charge on any atom is 0.330 e. The Morgan fingerprint density at radius 2 is 2.43 bits per heavy atom. The Balaban J connectivity index is 2.63. The summed E-state index contributed by atoms with van der Waals surface area (Å²) in [4.78, 5) is 15.4. The smallest absolute Gasteiger partial charge is 0.330 e. The molecule has 0 aromatic rings. The molecule has 1 aliphatic carbocycles. The fourth-order valence-electron chi connectivity index (χ4n) is 1.51. The van der Waals surface area contributed by atoms with E-state index in [2.05, 4.69) is 22.7 Å². The molecule has 0 fully saturated rings. The third kappa shape index (κ3) is 2.98. The van der Waals surface area contributed by atoms with Gasteiger partial charge >= 0.3 is 5.97 Å². The normalized spacial score (nSPS) is 26.2. The van der Waals surface area contributed by atoms with Gasteiger partial charge in [0.2, 0.25) is 0 Å². The summed E-state index contributed by atoms with van der Waals surface area (Å²) in [7, 11) is 1.39. The van der Waals surface area contributed by atoms with Crippen LogP contribution in [0, 0.1) is 5.92 Å². The van der Waals surface area contributed by atoms with E-state index < -0.39 is 0 Å². The van der Waals surface area contributed by atoms with Gasteiger partial charge < -0.3 is 4.74 Å². The molecule has 0 aromatic carbocycles. The Hall–Kier alpha value is -1.12. The van der Waals surface area contributed by atoms with E-state index in [4.69, 9.17) is 0 Å². The lowest BCUT2D eigenvalue weighted by molar-refractivity contribution is -0.141. The summed E-state index contributed by atoms with van der Waals surface area (Å²) in [6.45, 7) is 3.94. The van der Waals surface area contributed by atoms with Gasteiger partial charge in [-0.15, -0.1) is 0 Å². The van der Waals surface area contributed by atoms with E-state index in [0.29, 0.717) is 5.92 Å². The number of carbonyl (C=O) groups is 1. The summed E-state index contributed by atoms with van der Waals surface area (Å²) < 4.78 is 4.61. The number of allylic oxidation sites excluding steroid dienone is 2. The first-order valence-corrected chi connectivity index (χ1v) is 4.94. The van der Waals surface area contributed by atoms with E-state index in [1.807, 2.05) is 6.08 Å². The first kappa shape index (κ1) is 11.0. The van der Waals surface area contributed by atoms with E-state index in [1.165, 1.54) is 7.11 Å². The van der Waals surface area contributed by atoms with Crippen LogP contribution in [0.3, 0.4) is 0 Å². The number of hydrogen-bond acceptors (Lipinski definition) is 3. The Labute approximate surface area is 84.9 Å². The molecule has 14 heavy (non-hydrogen) atoms. The summed E-state index contributed by atoms with van der Waals surface area (Å²) in [5.41, 5.74) is 1.00. The SMILES string of the molecule is COC(=O)C(C)N=C1C=CCC(C)C1. The van der Waals surface area contributed by atoms with Gasteiger partial charge in [-0.05, 0) is 31.8 Å². The molecule has 1 rings (SSSR count). The number of carbonyl (C=O) groups excluding carboxylic acids is 1. The largest absolute Gasteiger partial charge is 0.467 e. The minimum absolute atomic E-state index is 0.274. The molecule has 0 heterocycles. The van der Waals surface area contributed by atoms with Crippen LogP contribution in [0.4, 0.5) is 0 Å². The zero-order valence-electron chi connectivity index (χ0n) is 8.99. The lowest BCUT2D eigenvalue weighted by Crippen LogP contribution is -2.19. The fraction of sp³-hybridized carbons (Fsp3) is 0.636. The van der Waals surface area contributed by atoms with E-state index in [1.54, 1.807) is 6.92 Å². The van der Waals surface area contributed by atoms with Crippen molar-refractivity contribution in [2.75, 3.05) is 7.11 Å². The van der Waals surface area contributed by atoms with E-state index in [0.717, 1.165) is 18.6 Å². The highest BCUT2D eigenvalue weighted by Crippen LogP contribution is 2.16. The second kappa shape index (κ2) is 4.94. The zero-order valence-corrected chi connectivity index (χ0v) is 8.99. The van der Waals surface area contributed by atoms with Crippen LogP contribution in [0.15, 0.2) is 17.1 Å². The van der Waals surface area contributed by atoms with Crippen molar-refractivity contribution in [2.24, 2.45) is 10.9 Å². The van der Waals surface area contributed by atoms with Crippen molar-refractivity contribution < 1.29 is 9.53 Å². The van der Waals surface area contributed by atoms with Crippen molar-refractivity contribution in [1.29, 1.82) is 0 Å². The Morgan fingerprint density at radius 1 is 1.71 bits per heavy atom. The van der Waals surface area contributed by atoms with Crippen LogP contribution in [0.5, 0.6) is 0 Å². The van der Waals surface area contributed by atoms with Gasteiger partial charge in [-0.1, -0.05) is 13.0 Å². The molecule has 0 N–H and O–H groups in total. The fourth-order valence-corrected chi connectivity index (χ4v) is 1.51. The number of ether oxygens (including phenoxy) is 1. The maximum atomic E-state index is 11.1. The first-order valence-electron chi connectivity index (χ1n) is 4.94. The van der Waals surface area contributed by atoms with Crippen molar-refractivity contribution in [3.05, 3.63) is 12.2 Å². The van der Waals surface area contributed by atoms with Crippen molar-refractivity contribution in [3.63, 3.8) is 0 Å². The van der Waals surface area contributed by atoms with Crippen LogP contribution in [0.25, 0.3) is 0 Å². The van der Waals surface area contributed by atoms with Gasteiger partial charge in [-0.2, -0.15) is 0 Å². The van der Waals surface area contributed by atoms with Gasteiger partial charge in [-0.3, -0.25) is 4.99 Å². The number of aliphatic imine (C=N–C) groups is 1. The van der Waals surface area contributed by atoms with Gasteiger partial charge in [0.1, 0.15) is 6.04 Å². The highest BCUT2D eigenvalue weighted by atomic mass is 16.5. The van der Waals surface area contributed by atoms with Gasteiger partial charge in [0.15, 0.2) is 0 Å². The molecule has 1 aliphatic rings. The van der Waals surface area contributed by atoms with Crippen LogP contribution in [0.1, 0.15) is 26.7 Å². The van der Waals surface area contributed by atoms with E-state index in [-0.39, 0.29) is 12.0 Å². The van der Waals surface area contributed by atoms with Crippen molar-refractivity contribution in [3.8, 4) is 0 Å². The highest BCUT2D eigenvalue weighted by molar-refractivity contribution is 5.97. The Bertz CT molecular complexity index is 268. The number of rotatable bonds is 2. The van der Waals surface area contributed by atoms with Crippen LogP contribution < -0.4 is 0 Å². The summed E-state index contributed by atoms with van der Waals surface area (Å²) in [5, 5.41) is 0. The van der Waals surface area contributed by atoms with Gasteiger partial charge in [0, 0.05) is 5.71 Å². The molecule has 0 saturated carbocycles. The predicted octanol–water partition coefficient (Wildman–Crippen LogP) is 1.97. The molecule has 2 unspecified atom stereocenters. The standard InChI is InChI=1S/C11H17NO2/c1-8-5-4-6-10(7-8)12-9(2)11(13)14-3/h4,6,8-9H,5,7H2,1-3H3. The molecular weight excluding hydrogens is 178 g/mol. The summed E-state index contributed by atoms with van der Waals surface area (Å²) >= 11 is 0. The minimum atomic E-state index is -0.384. The molecule has 0 spiro atoms. The quantitative estimate of drug-likeness (QED) is 0.632. The lowest BCUT2D eigenvalue weighted by atomic mass is 9.95. The topological polar surface area (TPSA) is 38.7 Å². The zero-order chi connectivity index (χ0) is 10.6. The van der Waals surface area contributed by atoms with Crippen LogP contribution >= 0.6 is 0 Å². The number of nitrogens with zero attached hydrogens (tertiary/aromatic N) is 1. The molecule has 0 aliphatic heterocycles. The van der Waals surface area contributed by atoms with Crippen LogP contribution in [0.2, 0.25) is 0 Å². The van der Waals surface area contributed by atoms with Crippen LogP contribution in [-0.2, 0) is 9.53 Å². The molecular formula is C11H17NO2. The second-order valence-electron chi connectivity index (χ2n) is 3.77. The number of esters is 1. The van der Waals surface area contributed by atoms with E-state index >= 15 is 0 Å². The Morgan fingerprint density at radius 3 is 3.00 bits per heavy atom. The van der Waals surface area contributed by atoms with Gasteiger partial charge in [-0.25, -0.2) is 4.79 Å². The number of methoxy groups -OCH3 is 1. The molecule has 78 valence electrons. The minimum Gasteiger partial charge on any atom is -0.467 e. The van der Waals surface area contributed by atoms with Crippen LogP contribution in [-0.4, -0.2) is 24.8 Å². The Kier molecular flexibility index (Phi) is 3.86. The summed E-state index contributed by atoms with van der Waals surface area (Å²) in [6, 6.07) is -0.384. The molecule has 0 bridgehead atoms. The van der Waals surface area contributed by atoms with Gasteiger partial charge in [0.05, 0.1) is 7.11 Å².